The summed E-state index contributed by atoms with van der Waals surface area (Å²) in [5.41, 5.74) is 1.31. The number of para-hydroxylation sites is 3. The molecule has 3 rings (SSSR count). The summed E-state index contributed by atoms with van der Waals surface area (Å²) in [6, 6.07) is 13.9. The van der Waals surface area contributed by atoms with Crippen LogP contribution in [0, 0.1) is 5.92 Å². The topological polar surface area (TPSA) is 84.9 Å². The van der Waals surface area contributed by atoms with Gasteiger partial charge in [0.25, 0.3) is 0 Å². The molecule has 0 bridgehead atoms. The quantitative estimate of drug-likeness (QED) is 0.726. The molecular formula is C22H24N2O5. The molecule has 7 heteroatoms. The van der Waals surface area contributed by atoms with Crippen molar-refractivity contribution in [1.82, 2.24) is 0 Å². The van der Waals surface area contributed by atoms with Crippen molar-refractivity contribution in [2.45, 2.75) is 20.3 Å². The Hall–Kier alpha value is -3.35. The van der Waals surface area contributed by atoms with Crippen LogP contribution in [-0.2, 0) is 14.3 Å². The number of hydrogen-bond donors (Lipinski definition) is 1. The highest BCUT2D eigenvalue weighted by molar-refractivity contribution is 6.06. The van der Waals surface area contributed by atoms with Crippen molar-refractivity contribution >= 4 is 29.2 Å². The second kappa shape index (κ2) is 9.23. The Balaban J connectivity index is 1.75. The Bertz CT molecular complexity index is 912. The number of hydrogen-bond acceptors (Lipinski definition) is 5. The lowest BCUT2D eigenvalue weighted by Crippen LogP contribution is -2.29. The summed E-state index contributed by atoms with van der Waals surface area (Å²) >= 11 is 0. The predicted molar refractivity (Wildman–Crippen MR) is 109 cm³/mol. The van der Waals surface area contributed by atoms with Crippen LogP contribution >= 0.6 is 0 Å². The molecule has 2 aromatic carbocycles. The fourth-order valence-electron chi connectivity index (χ4n) is 3.29. The molecule has 1 atom stereocenters. The minimum atomic E-state index is -0.535. The average Bonchev–Trinajstić information content (AvgIpc) is 3.11. The van der Waals surface area contributed by atoms with Crippen LogP contribution in [-0.4, -0.2) is 37.5 Å². The zero-order chi connectivity index (χ0) is 20.8. The van der Waals surface area contributed by atoms with E-state index < -0.39 is 11.9 Å². The number of nitrogens with one attached hydrogen (secondary N) is 1. The average molecular weight is 396 g/mol. The third-order valence-corrected chi connectivity index (χ3v) is 4.63. The number of esters is 1. The molecular weight excluding hydrogens is 372 g/mol. The van der Waals surface area contributed by atoms with Crippen molar-refractivity contribution in [2.75, 3.05) is 30.0 Å². The second-order valence-corrected chi connectivity index (χ2v) is 6.56. The first-order chi connectivity index (χ1) is 14.0. The van der Waals surface area contributed by atoms with Gasteiger partial charge < -0.3 is 19.7 Å². The monoisotopic (exact) mass is 396 g/mol. The molecule has 0 spiro atoms. The van der Waals surface area contributed by atoms with Crippen LogP contribution in [0.15, 0.2) is 48.5 Å². The van der Waals surface area contributed by atoms with Crippen molar-refractivity contribution in [3.8, 4) is 5.75 Å². The highest BCUT2D eigenvalue weighted by atomic mass is 16.5. The molecule has 1 aliphatic rings. The molecule has 1 aliphatic heterocycles. The molecule has 0 aromatic heterocycles. The van der Waals surface area contributed by atoms with Gasteiger partial charge in [-0.1, -0.05) is 24.3 Å². The first-order valence-corrected chi connectivity index (χ1v) is 9.64. The van der Waals surface area contributed by atoms with Crippen molar-refractivity contribution in [3.05, 3.63) is 54.1 Å². The SMILES string of the molecule is CCOC(=O)c1ccccc1NC(=O)C1CC(=O)N(c2ccccc2OCC)C1. The molecule has 0 aliphatic carbocycles. The number of amides is 2. The van der Waals surface area contributed by atoms with Crippen LogP contribution in [0.1, 0.15) is 30.6 Å². The molecule has 29 heavy (non-hydrogen) atoms. The first-order valence-electron chi connectivity index (χ1n) is 9.64. The van der Waals surface area contributed by atoms with Crippen LogP contribution in [0.4, 0.5) is 11.4 Å². The molecule has 0 saturated carbocycles. The van der Waals surface area contributed by atoms with E-state index in [1.54, 1.807) is 48.2 Å². The van der Waals surface area contributed by atoms with E-state index in [1.165, 1.54) is 0 Å². The van der Waals surface area contributed by atoms with E-state index >= 15 is 0 Å². The summed E-state index contributed by atoms with van der Waals surface area (Å²) in [7, 11) is 0. The van der Waals surface area contributed by atoms with Crippen LogP contribution < -0.4 is 15.0 Å². The van der Waals surface area contributed by atoms with Gasteiger partial charge in [0.2, 0.25) is 11.8 Å². The summed E-state index contributed by atoms with van der Waals surface area (Å²) in [6.45, 7) is 4.56. The van der Waals surface area contributed by atoms with Gasteiger partial charge in [-0.3, -0.25) is 9.59 Å². The normalized spacial score (nSPS) is 15.9. The lowest BCUT2D eigenvalue weighted by Gasteiger charge is -2.20. The Morgan fingerprint density at radius 2 is 1.79 bits per heavy atom. The lowest BCUT2D eigenvalue weighted by atomic mass is 10.1. The highest BCUT2D eigenvalue weighted by Crippen LogP contribution is 2.33. The highest BCUT2D eigenvalue weighted by Gasteiger charge is 2.36. The van der Waals surface area contributed by atoms with Gasteiger partial charge in [0.05, 0.1) is 36.1 Å². The molecule has 0 radical (unpaired) electrons. The van der Waals surface area contributed by atoms with E-state index in [0.717, 1.165) is 0 Å². The van der Waals surface area contributed by atoms with E-state index in [1.807, 2.05) is 19.1 Å². The van der Waals surface area contributed by atoms with Gasteiger partial charge in [-0.2, -0.15) is 0 Å². The maximum atomic E-state index is 12.8. The van der Waals surface area contributed by atoms with Gasteiger partial charge >= 0.3 is 5.97 Å². The van der Waals surface area contributed by atoms with E-state index in [-0.39, 0.29) is 37.0 Å². The van der Waals surface area contributed by atoms with E-state index in [0.29, 0.717) is 23.7 Å². The van der Waals surface area contributed by atoms with Crippen LogP contribution in [0.25, 0.3) is 0 Å². The fraction of sp³-hybridized carbons (Fsp3) is 0.318. The Morgan fingerprint density at radius 3 is 2.55 bits per heavy atom. The van der Waals surface area contributed by atoms with Gasteiger partial charge in [0.1, 0.15) is 5.75 Å². The number of carbonyl (C=O) groups excluding carboxylic acids is 3. The fourth-order valence-corrected chi connectivity index (χ4v) is 3.29. The standard InChI is InChI=1S/C22H24N2O5/c1-3-28-19-12-8-7-11-18(19)24-14-15(13-20(24)25)21(26)23-17-10-6-5-9-16(17)22(27)29-4-2/h5-12,15H,3-4,13-14H2,1-2H3,(H,23,26). The molecule has 7 nitrogen and oxygen atoms in total. The first kappa shape index (κ1) is 20.4. The maximum absolute atomic E-state index is 12.8. The van der Waals surface area contributed by atoms with Crippen LogP contribution in [0.5, 0.6) is 5.75 Å². The molecule has 1 saturated heterocycles. The number of benzene rings is 2. The van der Waals surface area contributed by atoms with Gasteiger partial charge in [-0.25, -0.2) is 4.79 Å². The van der Waals surface area contributed by atoms with Gasteiger partial charge in [-0.05, 0) is 38.1 Å². The molecule has 1 heterocycles. The number of anilines is 2. The molecule has 152 valence electrons. The number of rotatable bonds is 7. The van der Waals surface area contributed by atoms with E-state index in [4.69, 9.17) is 9.47 Å². The third-order valence-electron chi connectivity index (χ3n) is 4.63. The van der Waals surface area contributed by atoms with Gasteiger partial charge in [-0.15, -0.1) is 0 Å². The number of carbonyl (C=O) groups is 3. The zero-order valence-electron chi connectivity index (χ0n) is 16.5. The molecule has 1 N–H and O–H groups in total. The van der Waals surface area contributed by atoms with Crippen molar-refractivity contribution in [3.63, 3.8) is 0 Å². The maximum Gasteiger partial charge on any atom is 0.340 e. The summed E-state index contributed by atoms with van der Waals surface area (Å²) in [5.74, 6) is -0.884. The number of ether oxygens (including phenoxy) is 2. The smallest absolute Gasteiger partial charge is 0.340 e. The van der Waals surface area contributed by atoms with Crippen molar-refractivity contribution in [1.29, 1.82) is 0 Å². The predicted octanol–water partition coefficient (Wildman–Crippen LogP) is 3.25. The van der Waals surface area contributed by atoms with Gasteiger partial charge in [0.15, 0.2) is 0 Å². The van der Waals surface area contributed by atoms with Crippen molar-refractivity contribution < 1.29 is 23.9 Å². The zero-order valence-corrected chi connectivity index (χ0v) is 16.5. The Morgan fingerprint density at radius 1 is 1.07 bits per heavy atom. The summed E-state index contributed by atoms with van der Waals surface area (Å²) < 4.78 is 10.6. The van der Waals surface area contributed by atoms with Crippen molar-refractivity contribution in [2.24, 2.45) is 5.92 Å². The van der Waals surface area contributed by atoms with Crippen LogP contribution in [0.2, 0.25) is 0 Å². The second-order valence-electron chi connectivity index (χ2n) is 6.56. The summed E-state index contributed by atoms with van der Waals surface area (Å²) in [6.07, 6.45) is 0.0911. The van der Waals surface area contributed by atoms with E-state index in [9.17, 15) is 14.4 Å². The largest absolute Gasteiger partial charge is 0.492 e. The molecule has 1 fully saturated rings. The summed E-state index contributed by atoms with van der Waals surface area (Å²) in [4.78, 5) is 39.1. The molecule has 1 unspecified atom stereocenters. The Kier molecular flexibility index (Phi) is 6.49. The third kappa shape index (κ3) is 4.56. The molecule has 2 aromatic rings. The summed E-state index contributed by atoms with van der Waals surface area (Å²) in [5, 5.41) is 2.77. The molecule has 2 amide bonds. The van der Waals surface area contributed by atoms with E-state index in [2.05, 4.69) is 5.32 Å². The minimum absolute atomic E-state index is 0.0911. The minimum Gasteiger partial charge on any atom is -0.492 e. The lowest BCUT2D eigenvalue weighted by molar-refractivity contribution is -0.122. The number of nitrogens with zero attached hydrogens (tertiary/aromatic N) is 1. The Labute approximate surface area is 169 Å². The van der Waals surface area contributed by atoms with Gasteiger partial charge in [0, 0.05) is 13.0 Å². The van der Waals surface area contributed by atoms with Crippen LogP contribution in [0.3, 0.4) is 0 Å².